The second kappa shape index (κ2) is 2.28. The Hall–Kier alpha value is -0.450. The first-order chi connectivity index (χ1) is 5.56. The second-order valence-electron chi connectivity index (χ2n) is 4.13. The summed E-state index contributed by atoms with van der Waals surface area (Å²) in [6.45, 7) is 1.55. The molecular formula is C8H15N3O. The summed E-state index contributed by atoms with van der Waals surface area (Å²) >= 11 is 0. The van der Waals surface area contributed by atoms with Gasteiger partial charge in [-0.05, 0) is 13.0 Å². The minimum atomic E-state index is -0.484. The van der Waals surface area contributed by atoms with Gasteiger partial charge in [-0.1, -0.05) is 0 Å². The van der Waals surface area contributed by atoms with Crippen LogP contribution in [0.25, 0.3) is 0 Å². The van der Waals surface area contributed by atoms with Crippen molar-refractivity contribution in [1.82, 2.24) is 5.32 Å². The van der Waals surface area contributed by atoms with Crippen LogP contribution in [0, 0.1) is 0 Å². The largest absolute Gasteiger partial charge is 0.323 e. The van der Waals surface area contributed by atoms with E-state index in [1.54, 1.807) is 0 Å². The van der Waals surface area contributed by atoms with E-state index in [0.29, 0.717) is 19.4 Å². The highest BCUT2D eigenvalue weighted by molar-refractivity contribution is 5.85. The van der Waals surface area contributed by atoms with E-state index >= 15 is 0 Å². The lowest BCUT2D eigenvalue weighted by Gasteiger charge is -2.44. The first-order valence-corrected chi connectivity index (χ1v) is 4.36. The summed E-state index contributed by atoms with van der Waals surface area (Å²) in [5, 5.41) is 3.19. The Bertz CT molecular complexity index is 208. The Labute approximate surface area is 71.7 Å². The molecule has 12 heavy (non-hydrogen) atoms. The second-order valence-corrected chi connectivity index (χ2v) is 4.13. The molecule has 68 valence electrons. The minimum absolute atomic E-state index is 0.212. The van der Waals surface area contributed by atoms with Crippen molar-refractivity contribution in [1.29, 1.82) is 0 Å². The molecule has 1 saturated heterocycles. The molecule has 0 spiro atoms. The Morgan fingerprint density at radius 3 is 2.58 bits per heavy atom. The van der Waals surface area contributed by atoms with Crippen molar-refractivity contribution in [3.8, 4) is 0 Å². The van der Waals surface area contributed by atoms with Crippen molar-refractivity contribution in [2.75, 3.05) is 13.1 Å². The van der Waals surface area contributed by atoms with Gasteiger partial charge in [-0.25, -0.2) is 0 Å². The van der Waals surface area contributed by atoms with E-state index in [9.17, 15) is 4.79 Å². The lowest BCUT2D eigenvalue weighted by Crippen LogP contribution is -2.70. The van der Waals surface area contributed by atoms with Crippen molar-refractivity contribution in [2.45, 2.75) is 30.3 Å². The summed E-state index contributed by atoms with van der Waals surface area (Å²) in [4.78, 5) is 11.2. The van der Waals surface area contributed by atoms with Crippen molar-refractivity contribution in [3.63, 3.8) is 0 Å². The molecule has 2 fully saturated rings. The molecule has 2 unspecified atom stereocenters. The average molecular weight is 169 g/mol. The van der Waals surface area contributed by atoms with Crippen LogP contribution in [0.5, 0.6) is 0 Å². The first kappa shape index (κ1) is 8.16. The molecule has 2 rings (SSSR count). The van der Waals surface area contributed by atoms with E-state index in [0.717, 1.165) is 13.0 Å². The number of fused-ring (bicyclic) bond motifs is 1. The number of Topliss-reactive ketones (excluding diaryl/α,β-unsaturated/α-hetero) is 1. The van der Waals surface area contributed by atoms with E-state index in [1.807, 2.05) is 0 Å². The maximum atomic E-state index is 11.2. The molecule has 1 aliphatic carbocycles. The van der Waals surface area contributed by atoms with E-state index < -0.39 is 11.1 Å². The standard InChI is InChI=1S/C8H15N3O/c9-7-1-2-11-5-8(7,10)4-6(12)3-7/h11H,1-5,9-10H2. The van der Waals surface area contributed by atoms with Gasteiger partial charge in [-0.3, -0.25) is 4.79 Å². The van der Waals surface area contributed by atoms with Gasteiger partial charge in [-0.2, -0.15) is 0 Å². The molecule has 0 aromatic carbocycles. The summed E-state index contributed by atoms with van der Waals surface area (Å²) in [6.07, 6.45) is 1.72. The number of ketones is 1. The van der Waals surface area contributed by atoms with E-state index in [-0.39, 0.29) is 5.78 Å². The van der Waals surface area contributed by atoms with Gasteiger partial charge in [0.15, 0.2) is 0 Å². The SMILES string of the molecule is NC12CCNCC1(N)CC(=O)C2. The predicted molar refractivity (Wildman–Crippen MR) is 45.6 cm³/mol. The number of hydrogen-bond acceptors (Lipinski definition) is 4. The molecule has 4 nitrogen and oxygen atoms in total. The van der Waals surface area contributed by atoms with Crippen molar-refractivity contribution in [3.05, 3.63) is 0 Å². The van der Waals surface area contributed by atoms with Crippen LogP contribution in [0.3, 0.4) is 0 Å². The Balaban J connectivity index is 2.30. The molecule has 1 saturated carbocycles. The monoisotopic (exact) mass is 169 g/mol. The number of carbonyl (C=O) groups is 1. The molecule has 2 atom stereocenters. The highest BCUT2D eigenvalue weighted by atomic mass is 16.1. The van der Waals surface area contributed by atoms with Crippen molar-refractivity contribution in [2.24, 2.45) is 11.5 Å². The van der Waals surface area contributed by atoms with Gasteiger partial charge in [0.1, 0.15) is 5.78 Å². The number of hydrogen-bond donors (Lipinski definition) is 3. The maximum Gasteiger partial charge on any atom is 0.136 e. The van der Waals surface area contributed by atoms with Crippen LogP contribution >= 0.6 is 0 Å². The number of nitrogens with two attached hydrogens (primary N) is 2. The molecule has 2 aliphatic rings. The Morgan fingerprint density at radius 2 is 1.92 bits per heavy atom. The van der Waals surface area contributed by atoms with Gasteiger partial charge in [0.05, 0.1) is 5.54 Å². The van der Waals surface area contributed by atoms with Crippen LogP contribution in [0.15, 0.2) is 0 Å². The molecule has 0 bridgehead atoms. The van der Waals surface area contributed by atoms with Crippen LogP contribution in [0.1, 0.15) is 19.3 Å². The first-order valence-electron chi connectivity index (χ1n) is 4.36. The molecule has 5 N–H and O–H groups in total. The lowest BCUT2D eigenvalue weighted by atomic mass is 9.76. The molecular weight excluding hydrogens is 154 g/mol. The van der Waals surface area contributed by atoms with E-state index in [1.165, 1.54) is 0 Å². The van der Waals surface area contributed by atoms with Crippen LogP contribution in [-0.4, -0.2) is 30.0 Å². The Kier molecular flexibility index (Phi) is 1.55. The fraction of sp³-hybridized carbons (Fsp3) is 0.875. The lowest BCUT2D eigenvalue weighted by molar-refractivity contribution is -0.117. The van der Waals surface area contributed by atoms with Gasteiger partial charge in [-0.15, -0.1) is 0 Å². The van der Waals surface area contributed by atoms with Gasteiger partial charge in [0, 0.05) is 24.9 Å². The summed E-state index contributed by atoms with van der Waals surface area (Å²) in [5.74, 6) is 0.212. The molecule has 0 amide bonds. The highest BCUT2D eigenvalue weighted by Crippen LogP contribution is 2.37. The maximum absolute atomic E-state index is 11.2. The number of rotatable bonds is 0. The summed E-state index contributed by atoms with van der Waals surface area (Å²) in [6, 6.07) is 0. The highest BCUT2D eigenvalue weighted by Gasteiger charge is 2.54. The summed E-state index contributed by atoms with van der Waals surface area (Å²) in [7, 11) is 0. The quantitative estimate of drug-likeness (QED) is 0.422. The average Bonchev–Trinajstić information content (AvgIpc) is 2.18. The van der Waals surface area contributed by atoms with Crippen molar-refractivity contribution >= 4 is 5.78 Å². The summed E-state index contributed by atoms with van der Waals surface area (Å²) in [5.41, 5.74) is 11.3. The third-order valence-corrected chi connectivity index (χ3v) is 3.21. The minimum Gasteiger partial charge on any atom is -0.323 e. The zero-order valence-electron chi connectivity index (χ0n) is 7.10. The van der Waals surface area contributed by atoms with Gasteiger partial charge >= 0.3 is 0 Å². The molecule has 1 aliphatic heterocycles. The number of nitrogens with one attached hydrogen (secondary N) is 1. The van der Waals surface area contributed by atoms with Crippen LogP contribution < -0.4 is 16.8 Å². The molecule has 0 radical (unpaired) electrons. The van der Waals surface area contributed by atoms with Crippen LogP contribution in [0.2, 0.25) is 0 Å². The third kappa shape index (κ3) is 0.920. The molecule has 0 aromatic heterocycles. The smallest absolute Gasteiger partial charge is 0.136 e. The van der Waals surface area contributed by atoms with Crippen molar-refractivity contribution < 1.29 is 4.79 Å². The number of piperidine rings is 1. The fourth-order valence-corrected chi connectivity index (χ4v) is 2.32. The van der Waals surface area contributed by atoms with Crippen LogP contribution in [0.4, 0.5) is 0 Å². The van der Waals surface area contributed by atoms with Gasteiger partial charge < -0.3 is 16.8 Å². The van der Waals surface area contributed by atoms with E-state index in [4.69, 9.17) is 11.5 Å². The Morgan fingerprint density at radius 1 is 1.25 bits per heavy atom. The van der Waals surface area contributed by atoms with Gasteiger partial charge in [0.2, 0.25) is 0 Å². The van der Waals surface area contributed by atoms with E-state index in [2.05, 4.69) is 5.32 Å². The summed E-state index contributed by atoms with van der Waals surface area (Å²) < 4.78 is 0. The normalized spacial score (nSPS) is 47.7. The predicted octanol–water partition coefficient (Wildman–Crippen LogP) is -1.26. The zero-order valence-corrected chi connectivity index (χ0v) is 7.10. The fourth-order valence-electron chi connectivity index (χ4n) is 2.32. The number of carbonyl (C=O) groups excluding carboxylic acids is 1. The van der Waals surface area contributed by atoms with Gasteiger partial charge in [0.25, 0.3) is 0 Å². The molecule has 4 heteroatoms. The third-order valence-electron chi connectivity index (χ3n) is 3.21. The molecule has 1 heterocycles. The topological polar surface area (TPSA) is 81.1 Å². The molecule has 0 aromatic rings. The zero-order chi connectivity index (χ0) is 8.82. The van der Waals surface area contributed by atoms with Crippen LogP contribution in [-0.2, 0) is 4.79 Å².